The van der Waals surface area contributed by atoms with Gasteiger partial charge in [0.05, 0.1) is 0 Å². The highest BCUT2D eigenvalue weighted by Crippen LogP contribution is 2.50. The molecule has 1 aromatic heterocycles. The highest BCUT2D eigenvalue weighted by Gasteiger charge is 2.47. The van der Waals surface area contributed by atoms with Crippen LogP contribution in [-0.2, 0) is 5.41 Å². The maximum absolute atomic E-state index is 6.09. The third-order valence-electron chi connectivity index (χ3n) is 3.87. The number of nitrogens with two attached hydrogens (primary N) is 1. The molecular weight excluding hydrogens is 198 g/mol. The Bertz CT molecular complexity index is 535. The molecule has 1 aromatic carbocycles. The van der Waals surface area contributed by atoms with Crippen LogP contribution >= 0.6 is 0 Å². The van der Waals surface area contributed by atoms with Crippen molar-refractivity contribution in [2.75, 3.05) is 0 Å². The van der Waals surface area contributed by atoms with E-state index in [1.807, 2.05) is 6.92 Å². The van der Waals surface area contributed by atoms with Crippen LogP contribution in [-0.4, -0.2) is 6.04 Å². The summed E-state index contributed by atoms with van der Waals surface area (Å²) in [4.78, 5) is 0. The number of rotatable bonds is 2. The molecule has 1 unspecified atom stereocenters. The third kappa shape index (κ3) is 1.30. The fraction of sp³-hybridized carbons (Fsp3) is 0.429. The molecule has 0 aliphatic heterocycles. The smallest absolute Gasteiger partial charge is 0.134 e. The van der Waals surface area contributed by atoms with E-state index in [9.17, 15) is 0 Å². The van der Waals surface area contributed by atoms with Gasteiger partial charge in [0.15, 0.2) is 0 Å². The van der Waals surface area contributed by atoms with Crippen LogP contribution in [0.1, 0.15) is 31.1 Å². The predicted molar refractivity (Wildman–Crippen MR) is 65.5 cm³/mol. The molecule has 2 aromatic rings. The van der Waals surface area contributed by atoms with Crippen molar-refractivity contribution in [3.8, 4) is 0 Å². The van der Waals surface area contributed by atoms with Gasteiger partial charge < -0.3 is 10.2 Å². The molecule has 1 aliphatic rings. The van der Waals surface area contributed by atoms with E-state index in [1.165, 1.54) is 23.8 Å². The first-order chi connectivity index (χ1) is 7.62. The molecule has 16 heavy (non-hydrogen) atoms. The van der Waals surface area contributed by atoms with Crippen molar-refractivity contribution in [2.24, 2.45) is 5.73 Å². The molecule has 2 heteroatoms. The zero-order valence-electron chi connectivity index (χ0n) is 9.79. The van der Waals surface area contributed by atoms with Gasteiger partial charge in [-0.3, -0.25) is 0 Å². The summed E-state index contributed by atoms with van der Waals surface area (Å²) in [6.07, 6.45) is 2.43. The van der Waals surface area contributed by atoms with Gasteiger partial charge >= 0.3 is 0 Å². The van der Waals surface area contributed by atoms with Gasteiger partial charge in [-0.25, -0.2) is 0 Å². The first-order valence-corrected chi connectivity index (χ1v) is 5.88. The monoisotopic (exact) mass is 215 g/mol. The molecule has 0 radical (unpaired) electrons. The van der Waals surface area contributed by atoms with E-state index in [4.69, 9.17) is 10.2 Å². The lowest BCUT2D eigenvalue weighted by atomic mass is 9.89. The zero-order valence-corrected chi connectivity index (χ0v) is 9.79. The van der Waals surface area contributed by atoms with Crippen LogP contribution in [0.5, 0.6) is 0 Å². The lowest BCUT2D eigenvalue weighted by Gasteiger charge is -2.19. The van der Waals surface area contributed by atoms with Crippen LogP contribution in [0.25, 0.3) is 11.0 Å². The summed E-state index contributed by atoms with van der Waals surface area (Å²) < 4.78 is 5.59. The van der Waals surface area contributed by atoms with Crippen molar-refractivity contribution >= 4 is 11.0 Å². The van der Waals surface area contributed by atoms with Gasteiger partial charge in [0, 0.05) is 16.8 Å². The molecule has 2 N–H and O–H groups in total. The normalized spacial score (nSPS) is 19.9. The second-order valence-electron chi connectivity index (χ2n) is 5.05. The van der Waals surface area contributed by atoms with E-state index in [0.717, 1.165) is 11.3 Å². The molecule has 1 aliphatic carbocycles. The van der Waals surface area contributed by atoms with Gasteiger partial charge in [0.1, 0.15) is 11.3 Å². The van der Waals surface area contributed by atoms with E-state index in [0.29, 0.717) is 0 Å². The molecule has 0 spiro atoms. The topological polar surface area (TPSA) is 39.2 Å². The molecule has 2 nitrogen and oxygen atoms in total. The number of hydrogen-bond acceptors (Lipinski definition) is 2. The number of fused-ring (bicyclic) bond motifs is 1. The molecule has 0 saturated heterocycles. The molecule has 1 fully saturated rings. The van der Waals surface area contributed by atoms with Gasteiger partial charge in [-0.05, 0) is 50.5 Å². The number of furan rings is 1. The average Bonchev–Trinajstić information content (AvgIpc) is 2.95. The fourth-order valence-electron chi connectivity index (χ4n) is 2.63. The van der Waals surface area contributed by atoms with Crippen LogP contribution in [0.2, 0.25) is 0 Å². The number of aryl methyl sites for hydroxylation is 1. The summed E-state index contributed by atoms with van der Waals surface area (Å²) in [6.45, 7) is 4.09. The SMILES string of the molecule is Cc1cc2cc(C3(C(C)N)CC3)ccc2o1. The lowest BCUT2D eigenvalue weighted by Crippen LogP contribution is -2.31. The van der Waals surface area contributed by atoms with E-state index < -0.39 is 0 Å². The molecule has 84 valence electrons. The minimum atomic E-state index is 0.234. The second kappa shape index (κ2) is 3.11. The van der Waals surface area contributed by atoms with Crippen LogP contribution in [0.3, 0.4) is 0 Å². The van der Waals surface area contributed by atoms with Crippen molar-refractivity contribution < 1.29 is 4.42 Å². The Labute approximate surface area is 95.4 Å². The summed E-state index contributed by atoms with van der Waals surface area (Å²) in [6, 6.07) is 8.80. The van der Waals surface area contributed by atoms with Crippen molar-refractivity contribution in [3.05, 3.63) is 35.6 Å². The Morgan fingerprint density at radius 1 is 1.31 bits per heavy atom. The van der Waals surface area contributed by atoms with Gasteiger partial charge in [-0.1, -0.05) is 6.07 Å². The first kappa shape index (κ1) is 9.91. The minimum Gasteiger partial charge on any atom is -0.461 e. The summed E-state index contributed by atoms with van der Waals surface area (Å²) in [7, 11) is 0. The van der Waals surface area contributed by atoms with Crippen molar-refractivity contribution in [1.29, 1.82) is 0 Å². The van der Waals surface area contributed by atoms with Crippen molar-refractivity contribution in [1.82, 2.24) is 0 Å². The number of benzene rings is 1. The van der Waals surface area contributed by atoms with Crippen LogP contribution in [0, 0.1) is 6.92 Å². The third-order valence-corrected chi connectivity index (χ3v) is 3.87. The Hall–Kier alpha value is -1.28. The van der Waals surface area contributed by atoms with E-state index >= 15 is 0 Å². The summed E-state index contributed by atoms with van der Waals surface area (Å²) >= 11 is 0. The number of hydrogen-bond donors (Lipinski definition) is 1. The maximum atomic E-state index is 6.09. The molecule has 0 amide bonds. The molecule has 1 heterocycles. The Morgan fingerprint density at radius 2 is 2.06 bits per heavy atom. The summed E-state index contributed by atoms with van der Waals surface area (Å²) in [5.74, 6) is 0.970. The van der Waals surface area contributed by atoms with Crippen LogP contribution in [0.4, 0.5) is 0 Å². The Morgan fingerprint density at radius 3 is 2.69 bits per heavy atom. The van der Waals surface area contributed by atoms with Gasteiger partial charge in [0.25, 0.3) is 0 Å². The zero-order chi connectivity index (χ0) is 11.3. The molecule has 3 rings (SSSR count). The largest absolute Gasteiger partial charge is 0.461 e. The average molecular weight is 215 g/mol. The van der Waals surface area contributed by atoms with Gasteiger partial charge in [-0.2, -0.15) is 0 Å². The molecule has 1 saturated carbocycles. The first-order valence-electron chi connectivity index (χ1n) is 5.88. The van der Waals surface area contributed by atoms with Crippen LogP contribution in [0.15, 0.2) is 28.7 Å². The lowest BCUT2D eigenvalue weighted by molar-refractivity contribution is 0.556. The quantitative estimate of drug-likeness (QED) is 0.836. The Balaban J connectivity index is 2.11. The maximum Gasteiger partial charge on any atom is 0.134 e. The van der Waals surface area contributed by atoms with Crippen molar-refractivity contribution in [2.45, 2.75) is 38.1 Å². The second-order valence-corrected chi connectivity index (χ2v) is 5.05. The summed E-state index contributed by atoms with van der Waals surface area (Å²) in [5, 5.41) is 1.20. The molecule has 0 bridgehead atoms. The predicted octanol–water partition coefficient (Wildman–Crippen LogP) is 3.12. The highest BCUT2D eigenvalue weighted by atomic mass is 16.3. The highest BCUT2D eigenvalue weighted by molar-refractivity contribution is 5.79. The molecular formula is C14H17NO. The summed E-state index contributed by atoms with van der Waals surface area (Å²) in [5.41, 5.74) is 8.67. The van der Waals surface area contributed by atoms with Gasteiger partial charge in [0.2, 0.25) is 0 Å². The van der Waals surface area contributed by atoms with E-state index in [-0.39, 0.29) is 11.5 Å². The Kier molecular flexibility index (Phi) is 1.93. The van der Waals surface area contributed by atoms with Crippen LogP contribution < -0.4 is 5.73 Å². The fourth-order valence-corrected chi connectivity index (χ4v) is 2.63. The van der Waals surface area contributed by atoms with Crippen molar-refractivity contribution in [3.63, 3.8) is 0 Å². The standard InChI is InChI=1S/C14H17NO/c1-9-7-11-8-12(3-4-13(11)16-9)14(5-6-14)10(2)15/h3-4,7-8,10H,5-6,15H2,1-2H3. The van der Waals surface area contributed by atoms with Gasteiger partial charge in [-0.15, -0.1) is 0 Å². The van der Waals surface area contributed by atoms with E-state index in [2.05, 4.69) is 31.2 Å². The molecule has 1 atom stereocenters. The minimum absolute atomic E-state index is 0.234. The van der Waals surface area contributed by atoms with E-state index in [1.54, 1.807) is 0 Å².